The third kappa shape index (κ3) is 4.40. The van der Waals surface area contributed by atoms with Gasteiger partial charge in [-0.25, -0.2) is 4.79 Å². The molecular formula is C20H32N6O3. The van der Waals surface area contributed by atoms with Crippen molar-refractivity contribution in [2.45, 2.75) is 25.4 Å². The highest BCUT2D eigenvalue weighted by molar-refractivity contribution is 5.92. The third-order valence-corrected chi connectivity index (χ3v) is 6.53. The maximum absolute atomic E-state index is 12.6. The molecule has 0 saturated carbocycles. The summed E-state index contributed by atoms with van der Waals surface area (Å²) in [6.45, 7) is 11.1. The van der Waals surface area contributed by atoms with Crippen LogP contribution < -0.4 is 0 Å². The predicted molar refractivity (Wildman–Crippen MR) is 108 cm³/mol. The van der Waals surface area contributed by atoms with Crippen molar-refractivity contribution in [3.63, 3.8) is 0 Å². The Hall–Kier alpha value is -2.13. The van der Waals surface area contributed by atoms with Crippen molar-refractivity contribution in [3.8, 4) is 0 Å². The monoisotopic (exact) mass is 404 g/mol. The molecule has 0 atom stereocenters. The number of carbonyl (C=O) groups excluding carboxylic acids is 2. The number of hydrogen-bond donors (Lipinski definition) is 0. The maximum Gasteiger partial charge on any atom is 0.410 e. The SMILES string of the molecule is CCN1CCN(CCN2CC3(CCN(C(=O)c4ccn(C)n4)CC3)OC2=O)CC1. The highest BCUT2D eigenvalue weighted by atomic mass is 16.6. The molecule has 3 aliphatic rings. The number of amides is 2. The Morgan fingerprint density at radius 2 is 1.79 bits per heavy atom. The van der Waals surface area contributed by atoms with Crippen molar-refractivity contribution < 1.29 is 14.3 Å². The molecule has 3 aliphatic heterocycles. The van der Waals surface area contributed by atoms with E-state index in [1.807, 2.05) is 9.80 Å². The lowest BCUT2D eigenvalue weighted by Crippen LogP contribution is -2.50. The van der Waals surface area contributed by atoms with E-state index in [4.69, 9.17) is 4.74 Å². The smallest absolute Gasteiger partial charge is 0.410 e. The van der Waals surface area contributed by atoms with Crippen LogP contribution in [-0.2, 0) is 11.8 Å². The molecule has 3 saturated heterocycles. The average Bonchev–Trinajstić information content (AvgIpc) is 3.30. The van der Waals surface area contributed by atoms with Gasteiger partial charge in [-0.1, -0.05) is 6.92 Å². The van der Waals surface area contributed by atoms with Gasteiger partial charge in [0.05, 0.1) is 6.54 Å². The Bertz CT molecular complexity index is 734. The number of likely N-dealkylation sites (N-methyl/N-ethyl adjacent to an activating group) is 1. The molecule has 1 spiro atoms. The van der Waals surface area contributed by atoms with Crippen LogP contribution in [0.25, 0.3) is 0 Å². The lowest BCUT2D eigenvalue weighted by atomic mass is 9.91. The first-order chi connectivity index (χ1) is 14.0. The van der Waals surface area contributed by atoms with Gasteiger partial charge in [0, 0.05) is 78.4 Å². The fourth-order valence-electron chi connectivity index (χ4n) is 4.52. The molecule has 4 heterocycles. The predicted octanol–water partition coefficient (Wildman–Crippen LogP) is 0.485. The zero-order valence-corrected chi connectivity index (χ0v) is 17.5. The van der Waals surface area contributed by atoms with Crippen molar-refractivity contribution in [2.75, 3.05) is 65.4 Å². The van der Waals surface area contributed by atoms with Crippen LogP contribution in [-0.4, -0.2) is 112 Å². The normalized spacial score (nSPS) is 23.0. The molecule has 4 rings (SSSR count). The Labute approximate surface area is 172 Å². The van der Waals surface area contributed by atoms with E-state index < -0.39 is 5.60 Å². The summed E-state index contributed by atoms with van der Waals surface area (Å²) in [5.74, 6) is -0.0483. The summed E-state index contributed by atoms with van der Waals surface area (Å²) < 4.78 is 7.45. The molecule has 0 unspecified atom stereocenters. The third-order valence-electron chi connectivity index (χ3n) is 6.53. The minimum Gasteiger partial charge on any atom is -0.441 e. The second-order valence-corrected chi connectivity index (χ2v) is 8.42. The second kappa shape index (κ2) is 8.31. The van der Waals surface area contributed by atoms with E-state index in [-0.39, 0.29) is 12.0 Å². The summed E-state index contributed by atoms with van der Waals surface area (Å²) in [6, 6.07) is 1.74. The number of piperidine rings is 1. The molecule has 3 fully saturated rings. The van der Waals surface area contributed by atoms with Gasteiger partial charge in [0.1, 0.15) is 11.3 Å². The molecule has 1 aromatic rings. The molecule has 1 aromatic heterocycles. The lowest BCUT2D eigenvalue weighted by Gasteiger charge is -2.37. The van der Waals surface area contributed by atoms with Crippen LogP contribution in [0.1, 0.15) is 30.3 Å². The van der Waals surface area contributed by atoms with Gasteiger partial charge in [-0.2, -0.15) is 5.10 Å². The Kier molecular flexibility index (Phi) is 5.78. The summed E-state index contributed by atoms with van der Waals surface area (Å²) in [6.07, 6.45) is 2.94. The first-order valence-electron chi connectivity index (χ1n) is 10.7. The highest BCUT2D eigenvalue weighted by Gasteiger charge is 2.47. The topological polar surface area (TPSA) is 74.2 Å². The van der Waals surface area contributed by atoms with Gasteiger partial charge in [0.15, 0.2) is 0 Å². The molecule has 0 radical (unpaired) electrons. The maximum atomic E-state index is 12.6. The van der Waals surface area contributed by atoms with Gasteiger partial charge in [-0.3, -0.25) is 14.4 Å². The van der Waals surface area contributed by atoms with Crippen LogP contribution in [0, 0.1) is 0 Å². The number of piperazine rings is 1. The van der Waals surface area contributed by atoms with Gasteiger partial charge >= 0.3 is 6.09 Å². The number of carbonyl (C=O) groups is 2. The van der Waals surface area contributed by atoms with E-state index in [9.17, 15) is 9.59 Å². The molecule has 0 N–H and O–H groups in total. The molecule has 0 aromatic carbocycles. The zero-order chi connectivity index (χ0) is 20.4. The first kappa shape index (κ1) is 20.2. The van der Waals surface area contributed by atoms with Crippen LogP contribution in [0.4, 0.5) is 4.79 Å². The molecule has 9 heteroatoms. The molecular weight excluding hydrogens is 372 g/mol. The summed E-state index contributed by atoms with van der Waals surface area (Å²) in [5.41, 5.74) is 0.0236. The largest absolute Gasteiger partial charge is 0.441 e. The van der Waals surface area contributed by atoms with Crippen LogP contribution >= 0.6 is 0 Å². The number of nitrogens with zero attached hydrogens (tertiary/aromatic N) is 6. The Morgan fingerprint density at radius 1 is 1.10 bits per heavy atom. The van der Waals surface area contributed by atoms with E-state index in [0.717, 1.165) is 39.3 Å². The summed E-state index contributed by atoms with van der Waals surface area (Å²) in [7, 11) is 1.80. The minimum absolute atomic E-state index is 0.0483. The van der Waals surface area contributed by atoms with E-state index in [2.05, 4.69) is 21.8 Å². The molecule has 9 nitrogen and oxygen atoms in total. The van der Waals surface area contributed by atoms with E-state index in [1.54, 1.807) is 24.0 Å². The number of rotatable bonds is 5. The summed E-state index contributed by atoms with van der Waals surface area (Å²) in [4.78, 5) is 33.6. The molecule has 29 heavy (non-hydrogen) atoms. The quantitative estimate of drug-likeness (QED) is 0.711. The van der Waals surface area contributed by atoms with E-state index in [0.29, 0.717) is 44.7 Å². The van der Waals surface area contributed by atoms with E-state index in [1.165, 1.54) is 0 Å². The van der Waals surface area contributed by atoms with Crippen molar-refractivity contribution >= 4 is 12.0 Å². The van der Waals surface area contributed by atoms with Gasteiger partial charge < -0.3 is 19.4 Å². The Morgan fingerprint density at radius 3 is 2.41 bits per heavy atom. The lowest BCUT2D eigenvalue weighted by molar-refractivity contribution is 0.00293. The summed E-state index contributed by atoms with van der Waals surface area (Å²) in [5, 5.41) is 4.20. The second-order valence-electron chi connectivity index (χ2n) is 8.42. The van der Waals surface area contributed by atoms with E-state index >= 15 is 0 Å². The minimum atomic E-state index is -0.446. The summed E-state index contributed by atoms with van der Waals surface area (Å²) >= 11 is 0. The van der Waals surface area contributed by atoms with Gasteiger partial charge in [0.2, 0.25) is 0 Å². The average molecular weight is 405 g/mol. The Balaban J connectivity index is 1.25. The fraction of sp³-hybridized carbons (Fsp3) is 0.750. The highest BCUT2D eigenvalue weighted by Crippen LogP contribution is 2.33. The molecule has 0 bridgehead atoms. The first-order valence-corrected chi connectivity index (χ1v) is 10.7. The van der Waals surface area contributed by atoms with Gasteiger partial charge in [0.25, 0.3) is 5.91 Å². The van der Waals surface area contributed by atoms with Crippen molar-refractivity contribution in [1.29, 1.82) is 0 Å². The molecule has 2 amide bonds. The van der Waals surface area contributed by atoms with Crippen molar-refractivity contribution in [1.82, 2.24) is 29.4 Å². The van der Waals surface area contributed by atoms with Crippen LogP contribution in [0.2, 0.25) is 0 Å². The zero-order valence-electron chi connectivity index (χ0n) is 17.5. The van der Waals surface area contributed by atoms with Crippen molar-refractivity contribution in [2.24, 2.45) is 7.05 Å². The number of aromatic nitrogens is 2. The van der Waals surface area contributed by atoms with Crippen LogP contribution in [0.5, 0.6) is 0 Å². The van der Waals surface area contributed by atoms with Crippen LogP contribution in [0.3, 0.4) is 0 Å². The van der Waals surface area contributed by atoms with Crippen molar-refractivity contribution in [3.05, 3.63) is 18.0 Å². The number of ether oxygens (including phenoxy) is 1. The number of hydrogen-bond acceptors (Lipinski definition) is 6. The number of likely N-dealkylation sites (tertiary alicyclic amines) is 1. The standard InChI is InChI=1S/C20H32N6O3/c1-3-23-10-12-24(13-11-23)14-15-26-16-20(29-19(26)28)5-8-25(9-6-20)18(27)17-4-7-22(2)21-17/h4,7H,3,5-6,8-16H2,1-2H3. The fourth-order valence-corrected chi connectivity index (χ4v) is 4.52. The van der Waals surface area contributed by atoms with Crippen LogP contribution in [0.15, 0.2) is 12.3 Å². The van der Waals surface area contributed by atoms with Gasteiger partial charge in [-0.15, -0.1) is 0 Å². The number of aryl methyl sites for hydroxylation is 1. The molecule has 0 aliphatic carbocycles. The van der Waals surface area contributed by atoms with Gasteiger partial charge in [-0.05, 0) is 12.6 Å². The molecule has 160 valence electrons.